The second kappa shape index (κ2) is 7.52. The molecule has 3 N–H and O–H groups in total. The van der Waals surface area contributed by atoms with Gasteiger partial charge < -0.3 is 15.5 Å². The van der Waals surface area contributed by atoms with Crippen LogP contribution in [0.1, 0.15) is 20.7 Å². The van der Waals surface area contributed by atoms with Gasteiger partial charge in [0.25, 0.3) is 11.8 Å². The van der Waals surface area contributed by atoms with Crippen LogP contribution in [0.15, 0.2) is 54.7 Å². The molecule has 1 aromatic heterocycles. The standard InChI is InChI=1S/C24H23N5O2/c1-28-8-10-29(11-9-28)18-5-2-15(3-6-18)17-13-20(22(25)26-14-17)16-4-7-19-21(12-16)24(31)27-23(19)30/h2-7,12-14H,8-11H2,1H3,(H2,25,26)(H,27,30,31). The van der Waals surface area contributed by atoms with Gasteiger partial charge in [-0.25, -0.2) is 4.98 Å². The van der Waals surface area contributed by atoms with Crippen LogP contribution in [0.4, 0.5) is 11.5 Å². The van der Waals surface area contributed by atoms with E-state index in [9.17, 15) is 9.59 Å². The lowest BCUT2D eigenvalue weighted by Crippen LogP contribution is -2.44. The summed E-state index contributed by atoms with van der Waals surface area (Å²) in [5, 5.41) is 2.32. The highest BCUT2D eigenvalue weighted by atomic mass is 16.2. The van der Waals surface area contributed by atoms with Crippen LogP contribution < -0.4 is 16.0 Å². The van der Waals surface area contributed by atoms with Crippen molar-refractivity contribution in [3.05, 3.63) is 65.9 Å². The molecule has 0 spiro atoms. The highest BCUT2D eigenvalue weighted by molar-refractivity contribution is 6.21. The quantitative estimate of drug-likeness (QED) is 0.642. The molecule has 2 aliphatic heterocycles. The fraction of sp³-hybridized carbons (Fsp3) is 0.208. The summed E-state index contributed by atoms with van der Waals surface area (Å²) < 4.78 is 0. The van der Waals surface area contributed by atoms with Crippen molar-refractivity contribution in [1.82, 2.24) is 15.2 Å². The Morgan fingerprint density at radius 3 is 2.19 bits per heavy atom. The normalized spacial score (nSPS) is 16.4. The van der Waals surface area contributed by atoms with Crippen molar-refractivity contribution < 1.29 is 9.59 Å². The van der Waals surface area contributed by atoms with E-state index in [0.717, 1.165) is 48.4 Å². The van der Waals surface area contributed by atoms with E-state index >= 15 is 0 Å². The van der Waals surface area contributed by atoms with Crippen LogP contribution in [-0.4, -0.2) is 54.9 Å². The number of imide groups is 1. The largest absolute Gasteiger partial charge is 0.383 e. The van der Waals surface area contributed by atoms with Crippen molar-refractivity contribution in [3.8, 4) is 22.3 Å². The van der Waals surface area contributed by atoms with Gasteiger partial charge >= 0.3 is 0 Å². The molecule has 2 aliphatic rings. The van der Waals surface area contributed by atoms with E-state index < -0.39 is 0 Å². The predicted molar refractivity (Wildman–Crippen MR) is 121 cm³/mol. The molecule has 7 heteroatoms. The molecule has 1 fully saturated rings. The van der Waals surface area contributed by atoms with Crippen molar-refractivity contribution in [2.24, 2.45) is 0 Å². The molecular formula is C24H23N5O2. The molecule has 156 valence electrons. The molecule has 0 radical (unpaired) electrons. The van der Waals surface area contributed by atoms with Crippen LogP contribution in [0, 0.1) is 0 Å². The third-order valence-electron chi connectivity index (χ3n) is 6.03. The van der Waals surface area contributed by atoms with E-state index in [1.807, 2.05) is 6.07 Å². The maximum absolute atomic E-state index is 12.0. The minimum absolute atomic E-state index is 0.365. The number of benzene rings is 2. The van der Waals surface area contributed by atoms with E-state index in [1.54, 1.807) is 24.4 Å². The molecule has 2 amide bonds. The minimum Gasteiger partial charge on any atom is -0.383 e. The number of hydrogen-bond donors (Lipinski definition) is 2. The number of amides is 2. The number of nitrogens with two attached hydrogens (primary N) is 1. The molecule has 0 unspecified atom stereocenters. The molecule has 7 nitrogen and oxygen atoms in total. The summed E-state index contributed by atoms with van der Waals surface area (Å²) >= 11 is 0. The molecule has 0 saturated carbocycles. The Balaban J connectivity index is 1.45. The Bertz CT molecular complexity index is 1180. The van der Waals surface area contributed by atoms with Crippen LogP contribution in [0.3, 0.4) is 0 Å². The van der Waals surface area contributed by atoms with Crippen molar-refractivity contribution in [1.29, 1.82) is 0 Å². The zero-order chi connectivity index (χ0) is 21.5. The highest BCUT2D eigenvalue weighted by Crippen LogP contribution is 2.32. The van der Waals surface area contributed by atoms with Gasteiger partial charge in [0, 0.05) is 49.2 Å². The Morgan fingerprint density at radius 1 is 0.806 bits per heavy atom. The Morgan fingerprint density at radius 2 is 1.45 bits per heavy atom. The van der Waals surface area contributed by atoms with Gasteiger partial charge in [0.1, 0.15) is 5.82 Å². The number of nitrogens with zero attached hydrogens (tertiary/aromatic N) is 3. The number of anilines is 2. The van der Waals surface area contributed by atoms with Gasteiger partial charge in [-0.3, -0.25) is 14.9 Å². The van der Waals surface area contributed by atoms with E-state index in [0.29, 0.717) is 16.9 Å². The molecule has 0 atom stereocenters. The fourth-order valence-corrected chi connectivity index (χ4v) is 4.13. The van der Waals surface area contributed by atoms with Crippen molar-refractivity contribution in [3.63, 3.8) is 0 Å². The van der Waals surface area contributed by atoms with Crippen molar-refractivity contribution in [2.45, 2.75) is 0 Å². The van der Waals surface area contributed by atoms with Crippen LogP contribution in [0.5, 0.6) is 0 Å². The zero-order valence-electron chi connectivity index (χ0n) is 17.3. The summed E-state index contributed by atoms with van der Waals surface area (Å²) in [6.07, 6.45) is 1.76. The van der Waals surface area contributed by atoms with E-state index in [1.165, 1.54) is 5.69 Å². The smallest absolute Gasteiger partial charge is 0.258 e. The molecular weight excluding hydrogens is 390 g/mol. The van der Waals surface area contributed by atoms with Gasteiger partial charge in [-0.05, 0) is 48.5 Å². The number of carbonyl (C=O) groups is 2. The molecule has 1 saturated heterocycles. The summed E-state index contributed by atoms with van der Waals surface area (Å²) in [7, 11) is 2.15. The molecule has 0 aliphatic carbocycles. The lowest BCUT2D eigenvalue weighted by Gasteiger charge is -2.34. The van der Waals surface area contributed by atoms with E-state index in [-0.39, 0.29) is 11.8 Å². The number of likely N-dealkylation sites (N-methyl/N-ethyl adjacent to an activating group) is 1. The molecule has 0 bridgehead atoms. The average Bonchev–Trinajstić information content (AvgIpc) is 3.08. The van der Waals surface area contributed by atoms with Crippen LogP contribution in [0.2, 0.25) is 0 Å². The third-order valence-corrected chi connectivity index (χ3v) is 6.03. The van der Waals surface area contributed by atoms with E-state index in [2.05, 4.69) is 51.4 Å². The molecule has 31 heavy (non-hydrogen) atoms. The predicted octanol–water partition coefficient (Wildman–Crippen LogP) is 2.63. The SMILES string of the molecule is CN1CCN(c2ccc(-c3cnc(N)c(-c4ccc5c(c4)C(=O)NC5=O)c3)cc2)CC1. The van der Waals surface area contributed by atoms with Crippen LogP contribution in [0.25, 0.3) is 22.3 Å². The number of hydrogen-bond acceptors (Lipinski definition) is 6. The van der Waals surface area contributed by atoms with Gasteiger partial charge in [0.15, 0.2) is 0 Å². The topological polar surface area (TPSA) is 91.6 Å². The Labute approximate surface area is 180 Å². The average molecular weight is 413 g/mol. The van der Waals surface area contributed by atoms with Gasteiger partial charge in [-0.1, -0.05) is 18.2 Å². The number of carbonyl (C=O) groups excluding carboxylic acids is 2. The first kappa shape index (κ1) is 19.3. The summed E-state index contributed by atoms with van der Waals surface area (Å²) in [5.74, 6) is -0.377. The number of pyridine rings is 1. The van der Waals surface area contributed by atoms with Gasteiger partial charge in [0.05, 0.1) is 11.1 Å². The number of piperazine rings is 1. The van der Waals surface area contributed by atoms with Crippen LogP contribution in [-0.2, 0) is 0 Å². The second-order valence-corrected chi connectivity index (χ2v) is 8.04. The van der Waals surface area contributed by atoms with E-state index in [4.69, 9.17) is 5.73 Å². The first-order valence-electron chi connectivity index (χ1n) is 10.3. The number of aromatic nitrogens is 1. The Kier molecular flexibility index (Phi) is 4.67. The lowest BCUT2D eigenvalue weighted by atomic mass is 9.98. The molecule has 5 rings (SSSR count). The Hall–Kier alpha value is -3.71. The highest BCUT2D eigenvalue weighted by Gasteiger charge is 2.27. The van der Waals surface area contributed by atoms with Gasteiger partial charge in [-0.15, -0.1) is 0 Å². The molecule has 3 heterocycles. The minimum atomic E-state index is -0.385. The van der Waals surface area contributed by atoms with Crippen molar-refractivity contribution >= 4 is 23.3 Å². The summed E-state index contributed by atoms with van der Waals surface area (Å²) in [4.78, 5) is 32.9. The fourth-order valence-electron chi connectivity index (χ4n) is 4.13. The number of nitrogen functional groups attached to an aromatic ring is 1. The summed E-state index contributed by atoms with van der Waals surface area (Å²) in [6, 6.07) is 15.6. The summed E-state index contributed by atoms with van der Waals surface area (Å²) in [6.45, 7) is 4.18. The second-order valence-electron chi connectivity index (χ2n) is 8.04. The number of nitrogens with one attached hydrogen (secondary N) is 1. The van der Waals surface area contributed by atoms with Gasteiger partial charge in [0.2, 0.25) is 0 Å². The van der Waals surface area contributed by atoms with Crippen molar-refractivity contribution in [2.75, 3.05) is 43.9 Å². The zero-order valence-corrected chi connectivity index (χ0v) is 17.3. The molecule has 3 aromatic rings. The van der Waals surface area contributed by atoms with Gasteiger partial charge in [-0.2, -0.15) is 0 Å². The monoisotopic (exact) mass is 413 g/mol. The number of rotatable bonds is 3. The maximum Gasteiger partial charge on any atom is 0.258 e. The molecule has 2 aromatic carbocycles. The van der Waals surface area contributed by atoms with Crippen LogP contribution >= 0.6 is 0 Å². The number of fused-ring (bicyclic) bond motifs is 1. The summed E-state index contributed by atoms with van der Waals surface area (Å²) in [5.41, 5.74) is 11.6. The maximum atomic E-state index is 12.0. The third kappa shape index (κ3) is 3.53. The first-order valence-corrected chi connectivity index (χ1v) is 10.3. The lowest BCUT2D eigenvalue weighted by molar-refractivity contribution is 0.0879. The first-order chi connectivity index (χ1) is 15.0.